The summed E-state index contributed by atoms with van der Waals surface area (Å²) in [6.07, 6.45) is 7.25. The first-order valence-electron chi connectivity index (χ1n) is 8.91. The average molecular weight is 389 g/mol. The van der Waals surface area contributed by atoms with Crippen molar-refractivity contribution in [2.24, 2.45) is 0 Å². The quantitative estimate of drug-likeness (QED) is 0.699. The number of benzene rings is 1. The highest BCUT2D eigenvalue weighted by Crippen LogP contribution is 2.21. The summed E-state index contributed by atoms with van der Waals surface area (Å²) in [5.41, 5.74) is 0.727. The Hall–Kier alpha value is -2.52. The number of anilines is 2. The normalized spacial score (nSPS) is 15.3. The molecule has 1 aromatic carbocycles. The monoisotopic (exact) mass is 389 g/mol. The molecule has 0 bridgehead atoms. The zero-order valence-corrected chi connectivity index (χ0v) is 15.9. The van der Waals surface area contributed by atoms with Crippen LogP contribution < -0.4 is 15.4 Å². The molecule has 0 radical (unpaired) electrons. The molecule has 0 unspecified atom stereocenters. The van der Waals surface area contributed by atoms with Crippen LogP contribution in [0.5, 0.6) is 0 Å². The summed E-state index contributed by atoms with van der Waals surface area (Å²) in [4.78, 5) is 20.8. The second-order valence-corrected chi connectivity index (χ2v) is 8.34. The summed E-state index contributed by atoms with van der Waals surface area (Å²) in [5, 5.41) is 6.08. The number of rotatable bonds is 6. The standard InChI is InChI=1S/C18H23N5O3S/c1-19-27(25,26)15-9-7-14(8-10-15)23-18(24)16-11-17(21-12-20-16)22-13-5-3-2-4-6-13/h7-13,19H,2-6H2,1H3,(H,23,24)(H,20,21,22). The molecule has 3 N–H and O–H groups in total. The van der Waals surface area contributed by atoms with Crippen LogP contribution in [0.3, 0.4) is 0 Å². The van der Waals surface area contributed by atoms with Crippen LogP contribution in [-0.4, -0.2) is 37.4 Å². The smallest absolute Gasteiger partial charge is 0.274 e. The van der Waals surface area contributed by atoms with Crippen molar-refractivity contribution in [3.63, 3.8) is 0 Å². The van der Waals surface area contributed by atoms with Gasteiger partial charge in [-0.05, 0) is 44.2 Å². The summed E-state index contributed by atoms with van der Waals surface area (Å²) in [6.45, 7) is 0. The minimum Gasteiger partial charge on any atom is -0.367 e. The van der Waals surface area contributed by atoms with Crippen molar-refractivity contribution in [1.82, 2.24) is 14.7 Å². The fourth-order valence-corrected chi connectivity index (χ4v) is 3.78. The fourth-order valence-electron chi connectivity index (χ4n) is 3.05. The van der Waals surface area contributed by atoms with Crippen LogP contribution in [0.25, 0.3) is 0 Å². The van der Waals surface area contributed by atoms with Crippen molar-refractivity contribution in [3.05, 3.63) is 42.4 Å². The molecule has 8 nitrogen and oxygen atoms in total. The van der Waals surface area contributed by atoms with E-state index in [1.807, 2.05) is 0 Å². The Morgan fingerprint density at radius 3 is 2.44 bits per heavy atom. The van der Waals surface area contributed by atoms with Crippen LogP contribution in [0.2, 0.25) is 0 Å². The third-order valence-electron chi connectivity index (χ3n) is 4.55. The minimum absolute atomic E-state index is 0.129. The van der Waals surface area contributed by atoms with Gasteiger partial charge < -0.3 is 10.6 Å². The molecule has 1 amide bonds. The molecular formula is C18H23N5O3S. The minimum atomic E-state index is -3.51. The molecule has 27 heavy (non-hydrogen) atoms. The van der Waals surface area contributed by atoms with Gasteiger partial charge in [-0.2, -0.15) is 0 Å². The zero-order chi connectivity index (χ0) is 19.3. The van der Waals surface area contributed by atoms with Gasteiger partial charge in [-0.15, -0.1) is 0 Å². The highest BCUT2D eigenvalue weighted by Gasteiger charge is 2.16. The Labute approximate surface area is 158 Å². The van der Waals surface area contributed by atoms with Gasteiger partial charge in [0.15, 0.2) is 0 Å². The average Bonchev–Trinajstić information content (AvgIpc) is 2.69. The van der Waals surface area contributed by atoms with E-state index in [9.17, 15) is 13.2 Å². The predicted octanol–water partition coefficient (Wildman–Crippen LogP) is 2.38. The molecule has 1 aliphatic rings. The lowest BCUT2D eigenvalue weighted by atomic mass is 9.95. The lowest BCUT2D eigenvalue weighted by molar-refractivity contribution is 0.102. The maximum absolute atomic E-state index is 12.4. The van der Waals surface area contributed by atoms with Crippen molar-refractivity contribution in [2.45, 2.75) is 43.0 Å². The van der Waals surface area contributed by atoms with Crippen molar-refractivity contribution in [1.29, 1.82) is 0 Å². The maximum atomic E-state index is 12.4. The van der Waals surface area contributed by atoms with Crippen LogP contribution >= 0.6 is 0 Å². The Bertz CT molecular complexity index is 893. The van der Waals surface area contributed by atoms with Crippen LogP contribution in [0.4, 0.5) is 11.5 Å². The van der Waals surface area contributed by atoms with E-state index in [1.54, 1.807) is 6.07 Å². The highest BCUT2D eigenvalue weighted by atomic mass is 32.2. The van der Waals surface area contributed by atoms with E-state index >= 15 is 0 Å². The lowest BCUT2D eigenvalue weighted by Gasteiger charge is -2.23. The van der Waals surface area contributed by atoms with Crippen LogP contribution in [-0.2, 0) is 10.0 Å². The first kappa shape index (κ1) is 19.2. The molecule has 3 rings (SSSR count). The molecule has 1 saturated carbocycles. The van der Waals surface area contributed by atoms with E-state index < -0.39 is 10.0 Å². The van der Waals surface area contributed by atoms with Crippen LogP contribution in [0.15, 0.2) is 41.6 Å². The van der Waals surface area contributed by atoms with Crippen molar-refractivity contribution >= 4 is 27.4 Å². The molecule has 144 valence electrons. The van der Waals surface area contributed by atoms with E-state index in [-0.39, 0.29) is 16.5 Å². The third-order valence-corrected chi connectivity index (χ3v) is 5.98. The Morgan fingerprint density at radius 2 is 1.78 bits per heavy atom. The molecule has 1 aliphatic carbocycles. The van der Waals surface area contributed by atoms with E-state index in [4.69, 9.17) is 0 Å². The maximum Gasteiger partial charge on any atom is 0.274 e. The second-order valence-electron chi connectivity index (χ2n) is 6.45. The number of nitrogens with zero attached hydrogens (tertiary/aromatic N) is 2. The van der Waals surface area contributed by atoms with Gasteiger partial charge in [-0.3, -0.25) is 4.79 Å². The molecule has 0 atom stereocenters. The van der Waals surface area contributed by atoms with Gasteiger partial charge in [0, 0.05) is 17.8 Å². The lowest BCUT2D eigenvalue weighted by Crippen LogP contribution is -2.23. The number of sulfonamides is 1. The topological polar surface area (TPSA) is 113 Å². The van der Waals surface area contributed by atoms with Gasteiger partial charge in [-0.1, -0.05) is 19.3 Å². The van der Waals surface area contributed by atoms with E-state index in [1.165, 1.54) is 56.9 Å². The number of nitrogens with one attached hydrogen (secondary N) is 3. The molecule has 0 aliphatic heterocycles. The SMILES string of the molecule is CNS(=O)(=O)c1ccc(NC(=O)c2cc(NC3CCCCC3)ncn2)cc1. The predicted molar refractivity (Wildman–Crippen MR) is 103 cm³/mol. The highest BCUT2D eigenvalue weighted by molar-refractivity contribution is 7.89. The molecular weight excluding hydrogens is 366 g/mol. The number of aromatic nitrogens is 2. The summed E-state index contributed by atoms with van der Waals surface area (Å²) >= 11 is 0. The summed E-state index contributed by atoms with van der Waals surface area (Å²) in [5.74, 6) is 0.255. The van der Waals surface area contributed by atoms with Gasteiger partial charge in [0.2, 0.25) is 10.0 Å². The number of amides is 1. The Morgan fingerprint density at radius 1 is 1.07 bits per heavy atom. The van der Waals surface area contributed by atoms with Gasteiger partial charge in [0.1, 0.15) is 17.8 Å². The van der Waals surface area contributed by atoms with Gasteiger partial charge in [0.25, 0.3) is 5.91 Å². The molecule has 9 heteroatoms. The summed E-state index contributed by atoms with van der Waals surface area (Å²) in [7, 11) is -2.16. The summed E-state index contributed by atoms with van der Waals surface area (Å²) in [6, 6.07) is 7.93. The van der Waals surface area contributed by atoms with Gasteiger partial charge >= 0.3 is 0 Å². The fraction of sp³-hybridized carbons (Fsp3) is 0.389. The third kappa shape index (κ3) is 5.01. The largest absolute Gasteiger partial charge is 0.367 e. The van der Waals surface area contributed by atoms with Gasteiger partial charge in [0.05, 0.1) is 4.90 Å². The molecule has 1 aromatic heterocycles. The number of hydrogen-bond acceptors (Lipinski definition) is 6. The molecule has 1 heterocycles. The second kappa shape index (κ2) is 8.45. The molecule has 1 fully saturated rings. The van der Waals surface area contributed by atoms with Crippen molar-refractivity contribution < 1.29 is 13.2 Å². The van der Waals surface area contributed by atoms with Gasteiger partial charge in [-0.25, -0.2) is 23.1 Å². The number of carbonyl (C=O) groups excluding carboxylic acids is 1. The number of carbonyl (C=O) groups is 1. The Kier molecular flexibility index (Phi) is 6.02. The van der Waals surface area contributed by atoms with E-state index in [0.29, 0.717) is 17.5 Å². The molecule has 0 saturated heterocycles. The molecule has 2 aromatic rings. The first-order chi connectivity index (χ1) is 13.0. The first-order valence-corrected chi connectivity index (χ1v) is 10.4. The molecule has 0 spiro atoms. The Balaban J connectivity index is 1.66. The van der Waals surface area contributed by atoms with Crippen LogP contribution in [0, 0.1) is 0 Å². The van der Waals surface area contributed by atoms with Crippen LogP contribution in [0.1, 0.15) is 42.6 Å². The zero-order valence-electron chi connectivity index (χ0n) is 15.1. The van der Waals surface area contributed by atoms with E-state index in [2.05, 4.69) is 25.3 Å². The van der Waals surface area contributed by atoms with Crippen molar-refractivity contribution in [2.75, 3.05) is 17.7 Å². The van der Waals surface area contributed by atoms with E-state index in [0.717, 1.165) is 12.8 Å². The number of hydrogen-bond donors (Lipinski definition) is 3. The summed E-state index contributed by atoms with van der Waals surface area (Å²) < 4.78 is 25.7. The van der Waals surface area contributed by atoms with Crippen molar-refractivity contribution in [3.8, 4) is 0 Å².